The Morgan fingerprint density at radius 3 is 2.61 bits per heavy atom. The van der Waals surface area contributed by atoms with E-state index in [-0.39, 0.29) is 11.3 Å². The second-order valence-electron chi connectivity index (χ2n) is 4.99. The van der Waals surface area contributed by atoms with Crippen molar-refractivity contribution < 1.29 is 4.79 Å². The number of hydrogen-bond acceptors (Lipinski definition) is 2. The van der Waals surface area contributed by atoms with Crippen molar-refractivity contribution in [3.8, 4) is 0 Å². The minimum absolute atomic E-state index is 0.0597. The molecule has 0 heterocycles. The first-order valence-electron chi connectivity index (χ1n) is 6.13. The predicted molar refractivity (Wildman–Crippen MR) is 76.0 cm³/mol. The van der Waals surface area contributed by atoms with Crippen molar-refractivity contribution in [1.82, 2.24) is 10.6 Å². The zero-order valence-corrected chi connectivity index (χ0v) is 12.0. The number of hydrogen-bond donors (Lipinski definition) is 2. The fraction of sp³-hybridized carbons (Fsp3) is 0.500. The molecule has 100 valence electrons. The largest absolute Gasteiger partial charge is 0.355 e. The van der Waals surface area contributed by atoms with Gasteiger partial charge in [0.05, 0.1) is 0 Å². The Labute approximate surface area is 114 Å². The van der Waals surface area contributed by atoms with Crippen molar-refractivity contribution in [1.29, 1.82) is 0 Å². The van der Waals surface area contributed by atoms with Crippen LogP contribution in [0.25, 0.3) is 0 Å². The molecule has 0 atom stereocenters. The van der Waals surface area contributed by atoms with Crippen molar-refractivity contribution in [3.63, 3.8) is 0 Å². The molecule has 0 saturated carbocycles. The molecule has 4 heteroatoms. The molecule has 0 aromatic heterocycles. The summed E-state index contributed by atoms with van der Waals surface area (Å²) in [5, 5.41) is 6.64. The van der Waals surface area contributed by atoms with Gasteiger partial charge in [-0.05, 0) is 18.7 Å². The molecule has 18 heavy (non-hydrogen) atoms. The highest BCUT2D eigenvalue weighted by atomic mass is 35.5. The number of amides is 1. The number of rotatable bonds is 6. The third-order valence-corrected chi connectivity index (χ3v) is 3.26. The highest BCUT2D eigenvalue weighted by Crippen LogP contribution is 2.28. The van der Waals surface area contributed by atoms with Crippen molar-refractivity contribution >= 4 is 17.5 Å². The molecule has 0 unspecified atom stereocenters. The molecule has 0 aliphatic carbocycles. The van der Waals surface area contributed by atoms with Crippen LogP contribution in [0.5, 0.6) is 0 Å². The Hall–Kier alpha value is -1.06. The number of carbonyl (C=O) groups excluding carboxylic acids is 1. The van der Waals surface area contributed by atoms with E-state index in [4.69, 9.17) is 11.6 Å². The number of benzene rings is 1. The maximum absolute atomic E-state index is 11.6. The topological polar surface area (TPSA) is 41.1 Å². The van der Waals surface area contributed by atoms with E-state index >= 15 is 0 Å². The third kappa shape index (κ3) is 4.31. The zero-order chi connectivity index (χ0) is 13.6. The summed E-state index contributed by atoms with van der Waals surface area (Å²) in [6.45, 7) is 5.43. The molecule has 1 aromatic rings. The molecule has 1 rings (SSSR count). The summed E-state index contributed by atoms with van der Waals surface area (Å²) < 4.78 is 0. The number of carbonyl (C=O) groups is 1. The molecular weight excluding hydrogens is 248 g/mol. The summed E-state index contributed by atoms with van der Waals surface area (Å²) in [6, 6.07) is 7.75. The number of halogens is 1. The van der Waals surface area contributed by atoms with E-state index in [0.29, 0.717) is 19.5 Å². The van der Waals surface area contributed by atoms with Crippen LogP contribution in [0.3, 0.4) is 0 Å². The van der Waals surface area contributed by atoms with Crippen LogP contribution in [0.2, 0.25) is 5.02 Å². The minimum atomic E-state index is -0.173. The van der Waals surface area contributed by atoms with Gasteiger partial charge in [-0.15, -0.1) is 0 Å². The molecule has 0 radical (unpaired) electrons. The first-order chi connectivity index (χ1) is 8.47. The summed E-state index contributed by atoms with van der Waals surface area (Å²) in [4.78, 5) is 11.6. The quantitative estimate of drug-likeness (QED) is 0.832. The van der Waals surface area contributed by atoms with E-state index in [0.717, 1.165) is 10.6 Å². The van der Waals surface area contributed by atoms with Crippen LogP contribution in [0.1, 0.15) is 25.8 Å². The average Bonchev–Trinajstić information content (AvgIpc) is 2.34. The Kier molecular flexibility index (Phi) is 5.63. The third-order valence-electron chi connectivity index (χ3n) is 2.93. The van der Waals surface area contributed by atoms with Crippen LogP contribution < -0.4 is 10.6 Å². The molecule has 1 aromatic carbocycles. The summed E-state index contributed by atoms with van der Waals surface area (Å²) in [6.07, 6.45) is 0.495. The SMILES string of the molecule is CNCCC(=O)NCC(C)(C)c1ccccc1Cl. The van der Waals surface area contributed by atoms with Gasteiger partial charge in [0.2, 0.25) is 5.91 Å². The highest BCUT2D eigenvalue weighted by molar-refractivity contribution is 6.31. The Bertz CT molecular complexity index is 405. The maximum atomic E-state index is 11.6. The van der Waals surface area contributed by atoms with Crippen molar-refractivity contribution in [2.45, 2.75) is 25.7 Å². The van der Waals surface area contributed by atoms with Gasteiger partial charge >= 0.3 is 0 Å². The summed E-state index contributed by atoms with van der Waals surface area (Å²) in [7, 11) is 1.83. The highest BCUT2D eigenvalue weighted by Gasteiger charge is 2.23. The molecule has 0 fully saturated rings. The van der Waals surface area contributed by atoms with Gasteiger partial charge in [0.25, 0.3) is 0 Å². The molecule has 0 saturated heterocycles. The van der Waals surface area contributed by atoms with E-state index in [2.05, 4.69) is 24.5 Å². The molecular formula is C14H21ClN2O. The van der Waals surface area contributed by atoms with Gasteiger partial charge < -0.3 is 10.6 Å². The van der Waals surface area contributed by atoms with Gasteiger partial charge in [-0.25, -0.2) is 0 Å². The van der Waals surface area contributed by atoms with Crippen LogP contribution in [-0.4, -0.2) is 26.0 Å². The molecule has 0 aliphatic heterocycles. The first-order valence-corrected chi connectivity index (χ1v) is 6.51. The van der Waals surface area contributed by atoms with Crippen molar-refractivity contribution in [2.24, 2.45) is 0 Å². The van der Waals surface area contributed by atoms with Gasteiger partial charge in [0.1, 0.15) is 0 Å². The van der Waals surface area contributed by atoms with Gasteiger partial charge in [0, 0.05) is 29.9 Å². The Morgan fingerprint density at radius 1 is 1.33 bits per heavy atom. The summed E-state index contributed by atoms with van der Waals surface area (Å²) in [5.41, 5.74) is 0.883. The van der Waals surface area contributed by atoms with Crippen LogP contribution in [0.15, 0.2) is 24.3 Å². The summed E-state index contributed by atoms with van der Waals surface area (Å²) in [5.74, 6) is 0.0597. The fourth-order valence-electron chi connectivity index (χ4n) is 1.75. The Balaban J connectivity index is 2.60. The fourth-order valence-corrected chi connectivity index (χ4v) is 2.14. The average molecular weight is 269 g/mol. The molecule has 3 nitrogen and oxygen atoms in total. The van der Waals surface area contributed by atoms with Crippen molar-refractivity contribution in [2.75, 3.05) is 20.1 Å². The molecule has 2 N–H and O–H groups in total. The van der Waals surface area contributed by atoms with E-state index in [1.807, 2.05) is 31.3 Å². The normalized spacial score (nSPS) is 11.3. The second-order valence-corrected chi connectivity index (χ2v) is 5.40. The smallest absolute Gasteiger partial charge is 0.221 e. The van der Waals surface area contributed by atoms with E-state index in [1.165, 1.54) is 0 Å². The molecule has 1 amide bonds. The zero-order valence-electron chi connectivity index (χ0n) is 11.2. The lowest BCUT2D eigenvalue weighted by molar-refractivity contribution is -0.121. The van der Waals surface area contributed by atoms with Gasteiger partial charge in [-0.3, -0.25) is 4.79 Å². The van der Waals surface area contributed by atoms with E-state index in [1.54, 1.807) is 0 Å². The van der Waals surface area contributed by atoms with Crippen LogP contribution >= 0.6 is 11.6 Å². The molecule has 0 spiro atoms. The van der Waals surface area contributed by atoms with Crippen LogP contribution in [-0.2, 0) is 10.2 Å². The van der Waals surface area contributed by atoms with Crippen molar-refractivity contribution in [3.05, 3.63) is 34.9 Å². The second kappa shape index (κ2) is 6.76. The minimum Gasteiger partial charge on any atom is -0.355 e. The molecule has 0 bridgehead atoms. The lowest BCUT2D eigenvalue weighted by Gasteiger charge is -2.26. The molecule has 0 aliphatic rings. The lowest BCUT2D eigenvalue weighted by Crippen LogP contribution is -2.37. The lowest BCUT2D eigenvalue weighted by atomic mass is 9.84. The van der Waals surface area contributed by atoms with Crippen LogP contribution in [0, 0.1) is 0 Å². The number of nitrogens with one attached hydrogen (secondary N) is 2. The summed E-state index contributed by atoms with van der Waals surface area (Å²) >= 11 is 6.18. The monoisotopic (exact) mass is 268 g/mol. The predicted octanol–water partition coefficient (Wildman–Crippen LogP) is 2.34. The standard InChI is InChI=1S/C14H21ClN2O/c1-14(2,10-17-13(18)8-9-16-3)11-6-4-5-7-12(11)15/h4-7,16H,8-10H2,1-3H3,(H,17,18). The van der Waals surface area contributed by atoms with E-state index in [9.17, 15) is 4.79 Å². The Morgan fingerprint density at radius 2 is 2.00 bits per heavy atom. The van der Waals surface area contributed by atoms with E-state index < -0.39 is 0 Å². The maximum Gasteiger partial charge on any atom is 0.221 e. The van der Waals surface area contributed by atoms with Gasteiger partial charge in [-0.2, -0.15) is 0 Å². The first kappa shape index (κ1) is 15.0. The van der Waals surface area contributed by atoms with Gasteiger partial charge in [-0.1, -0.05) is 43.6 Å². The van der Waals surface area contributed by atoms with Crippen LogP contribution in [0.4, 0.5) is 0 Å². The van der Waals surface area contributed by atoms with Gasteiger partial charge in [0.15, 0.2) is 0 Å².